The van der Waals surface area contributed by atoms with Crippen LogP contribution in [0.5, 0.6) is 0 Å². The van der Waals surface area contributed by atoms with Crippen molar-refractivity contribution in [1.29, 1.82) is 0 Å². The summed E-state index contributed by atoms with van der Waals surface area (Å²) in [5.41, 5.74) is -0.897. The number of carboxylic acid groups (broad SMARTS) is 2. The number of nitrogens with one attached hydrogen (secondary N) is 1. The first kappa shape index (κ1) is 20.1. The molecule has 1 unspecified atom stereocenters. The van der Waals surface area contributed by atoms with Crippen molar-refractivity contribution in [3.8, 4) is 0 Å². The molecule has 0 amide bonds. The molecule has 8 heteroatoms. The third-order valence-corrected chi connectivity index (χ3v) is 5.16. The SMILES string of the molecule is CC(CNS(=O)(=O)c1ccc(C(C)(C)C)cc1)(CC(=O)O)C(=O)O. The van der Waals surface area contributed by atoms with E-state index in [0.29, 0.717) is 0 Å². The number of hydrogen-bond donors (Lipinski definition) is 3. The van der Waals surface area contributed by atoms with Crippen molar-refractivity contribution in [3.05, 3.63) is 29.8 Å². The number of carboxylic acids is 2. The lowest BCUT2D eigenvalue weighted by molar-refractivity contribution is -0.154. The van der Waals surface area contributed by atoms with Gasteiger partial charge in [0.15, 0.2) is 0 Å². The van der Waals surface area contributed by atoms with Gasteiger partial charge in [-0.3, -0.25) is 9.59 Å². The molecule has 0 bridgehead atoms. The molecule has 7 nitrogen and oxygen atoms in total. The van der Waals surface area contributed by atoms with Crippen molar-refractivity contribution < 1.29 is 28.2 Å². The average molecular weight is 357 g/mol. The molecular weight excluding hydrogens is 334 g/mol. The minimum absolute atomic E-state index is 0.00133. The topological polar surface area (TPSA) is 121 Å². The average Bonchev–Trinajstić information content (AvgIpc) is 2.44. The predicted octanol–water partition coefficient (Wildman–Crippen LogP) is 1.83. The van der Waals surface area contributed by atoms with Crippen LogP contribution in [0.3, 0.4) is 0 Å². The van der Waals surface area contributed by atoms with Crippen LogP contribution < -0.4 is 4.72 Å². The second-order valence-electron chi connectivity index (χ2n) is 7.04. The van der Waals surface area contributed by atoms with E-state index < -0.39 is 40.3 Å². The maximum Gasteiger partial charge on any atom is 0.311 e. The Balaban J connectivity index is 2.97. The highest BCUT2D eigenvalue weighted by atomic mass is 32.2. The molecule has 0 aliphatic heterocycles. The molecule has 0 spiro atoms. The lowest BCUT2D eigenvalue weighted by Crippen LogP contribution is -2.42. The van der Waals surface area contributed by atoms with Crippen molar-refractivity contribution in [2.45, 2.75) is 44.4 Å². The minimum atomic E-state index is -3.93. The zero-order chi connectivity index (χ0) is 18.8. The molecule has 134 valence electrons. The van der Waals surface area contributed by atoms with Crippen molar-refractivity contribution in [3.63, 3.8) is 0 Å². The van der Waals surface area contributed by atoms with Gasteiger partial charge in [0.2, 0.25) is 10.0 Å². The van der Waals surface area contributed by atoms with Crippen molar-refractivity contribution in [2.24, 2.45) is 5.41 Å². The molecule has 3 N–H and O–H groups in total. The van der Waals surface area contributed by atoms with E-state index in [-0.39, 0.29) is 10.3 Å². The second-order valence-corrected chi connectivity index (χ2v) is 8.80. The summed E-state index contributed by atoms with van der Waals surface area (Å²) in [6.07, 6.45) is -0.687. The maximum atomic E-state index is 12.3. The molecule has 0 heterocycles. The number of hydrogen-bond acceptors (Lipinski definition) is 4. The van der Waals surface area contributed by atoms with Gasteiger partial charge in [-0.2, -0.15) is 0 Å². The Hall–Kier alpha value is -1.93. The van der Waals surface area contributed by atoms with Gasteiger partial charge < -0.3 is 10.2 Å². The van der Waals surface area contributed by atoms with Gasteiger partial charge >= 0.3 is 11.9 Å². The minimum Gasteiger partial charge on any atom is -0.481 e. The Bertz CT molecular complexity index is 718. The van der Waals surface area contributed by atoms with E-state index in [1.165, 1.54) is 19.1 Å². The Morgan fingerprint density at radius 3 is 1.92 bits per heavy atom. The third kappa shape index (κ3) is 5.04. The molecule has 0 fully saturated rings. The zero-order valence-electron chi connectivity index (χ0n) is 14.2. The van der Waals surface area contributed by atoms with E-state index in [2.05, 4.69) is 4.72 Å². The summed E-state index contributed by atoms with van der Waals surface area (Å²) in [7, 11) is -3.93. The summed E-state index contributed by atoms with van der Waals surface area (Å²) in [4.78, 5) is 22.1. The van der Waals surface area contributed by atoms with Crippen LogP contribution in [0.1, 0.15) is 39.7 Å². The fourth-order valence-electron chi connectivity index (χ4n) is 2.02. The molecule has 0 aliphatic rings. The Labute approximate surface area is 141 Å². The molecule has 0 aromatic heterocycles. The summed E-state index contributed by atoms with van der Waals surface area (Å²) in [6.45, 7) is 6.67. The van der Waals surface area contributed by atoms with Crippen molar-refractivity contribution in [1.82, 2.24) is 4.72 Å². The maximum absolute atomic E-state index is 12.3. The van der Waals surface area contributed by atoms with Crippen LogP contribution >= 0.6 is 0 Å². The first-order chi connectivity index (χ1) is 10.8. The van der Waals surface area contributed by atoms with Gasteiger partial charge in [0.25, 0.3) is 0 Å². The molecular formula is C16H23NO6S. The van der Waals surface area contributed by atoms with E-state index in [4.69, 9.17) is 5.11 Å². The second kappa shape index (κ2) is 6.90. The monoisotopic (exact) mass is 357 g/mol. The quantitative estimate of drug-likeness (QED) is 0.684. The molecule has 0 radical (unpaired) electrons. The smallest absolute Gasteiger partial charge is 0.311 e. The van der Waals surface area contributed by atoms with E-state index in [1.807, 2.05) is 20.8 Å². The number of sulfonamides is 1. The van der Waals surface area contributed by atoms with Crippen LogP contribution in [0, 0.1) is 5.41 Å². The molecule has 1 aromatic rings. The number of rotatable bonds is 7. The van der Waals surface area contributed by atoms with E-state index in [0.717, 1.165) is 5.56 Å². The fraction of sp³-hybridized carbons (Fsp3) is 0.500. The Morgan fingerprint density at radius 1 is 1.04 bits per heavy atom. The molecule has 0 saturated carbocycles. The van der Waals surface area contributed by atoms with E-state index in [9.17, 15) is 23.1 Å². The first-order valence-corrected chi connectivity index (χ1v) is 8.82. The van der Waals surface area contributed by atoms with Crippen LogP contribution in [0.25, 0.3) is 0 Å². The van der Waals surface area contributed by atoms with Gasteiger partial charge in [-0.15, -0.1) is 0 Å². The van der Waals surface area contributed by atoms with Gasteiger partial charge in [0, 0.05) is 6.54 Å². The van der Waals surface area contributed by atoms with Crippen LogP contribution in [0.4, 0.5) is 0 Å². The van der Waals surface area contributed by atoms with Crippen molar-refractivity contribution in [2.75, 3.05) is 6.54 Å². The Kier molecular flexibility index (Phi) is 5.78. The van der Waals surface area contributed by atoms with Crippen LogP contribution in [-0.4, -0.2) is 37.1 Å². The van der Waals surface area contributed by atoms with Gasteiger partial charge in [-0.25, -0.2) is 13.1 Å². The molecule has 1 rings (SSSR count). The summed E-state index contributed by atoms with van der Waals surface area (Å²) >= 11 is 0. The van der Waals surface area contributed by atoms with Gasteiger partial charge in [0.1, 0.15) is 0 Å². The van der Waals surface area contributed by atoms with E-state index >= 15 is 0 Å². The van der Waals surface area contributed by atoms with Crippen molar-refractivity contribution >= 4 is 22.0 Å². The van der Waals surface area contributed by atoms with Gasteiger partial charge in [-0.1, -0.05) is 32.9 Å². The number of aliphatic carboxylic acids is 2. The predicted molar refractivity (Wildman–Crippen MR) is 88.3 cm³/mol. The normalized spacial score (nSPS) is 14.8. The van der Waals surface area contributed by atoms with Crippen LogP contribution in [0.2, 0.25) is 0 Å². The Morgan fingerprint density at radius 2 is 1.54 bits per heavy atom. The summed E-state index contributed by atoms with van der Waals surface area (Å²) in [5, 5.41) is 18.0. The van der Waals surface area contributed by atoms with E-state index in [1.54, 1.807) is 12.1 Å². The van der Waals surface area contributed by atoms with Crippen LogP contribution in [0.15, 0.2) is 29.2 Å². The van der Waals surface area contributed by atoms with Crippen LogP contribution in [-0.2, 0) is 25.0 Å². The standard InChI is InChI=1S/C16H23NO6S/c1-15(2,3)11-5-7-12(8-6-11)24(22,23)17-10-16(4,14(20)21)9-13(18)19/h5-8,17H,9-10H2,1-4H3,(H,18,19)(H,20,21). The van der Waals surface area contributed by atoms with Gasteiger partial charge in [0.05, 0.1) is 16.7 Å². The molecule has 0 saturated heterocycles. The number of benzene rings is 1. The third-order valence-electron chi connectivity index (χ3n) is 3.74. The highest BCUT2D eigenvalue weighted by Crippen LogP contribution is 2.24. The molecule has 0 aliphatic carbocycles. The lowest BCUT2D eigenvalue weighted by atomic mass is 9.87. The summed E-state index contributed by atoms with van der Waals surface area (Å²) < 4.78 is 26.8. The molecule has 24 heavy (non-hydrogen) atoms. The largest absolute Gasteiger partial charge is 0.481 e. The summed E-state index contributed by atoms with van der Waals surface area (Å²) in [6, 6.07) is 6.28. The zero-order valence-corrected chi connectivity index (χ0v) is 15.0. The summed E-state index contributed by atoms with van der Waals surface area (Å²) in [5.74, 6) is -2.69. The van der Waals surface area contributed by atoms with Gasteiger partial charge in [-0.05, 0) is 30.0 Å². The molecule has 1 aromatic carbocycles. The fourth-order valence-corrected chi connectivity index (χ4v) is 3.19. The highest BCUT2D eigenvalue weighted by molar-refractivity contribution is 7.89. The first-order valence-electron chi connectivity index (χ1n) is 7.33. The lowest BCUT2D eigenvalue weighted by Gasteiger charge is -2.23. The molecule has 1 atom stereocenters. The highest BCUT2D eigenvalue weighted by Gasteiger charge is 2.37. The number of carbonyl (C=O) groups is 2.